The van der Waals surface area contributed by atoms with Crippen molar-refractivity contribution in [1.29, 1.82) is 0 Å². The summed E-state index contributed by atoms with van der Waals surface area (Å²) in [6.07, 6.45) is -4.41. The average molecular weight is 260 g/mol. The Labute approximate surface area is 92.5 Å². The van der Waals surface area contributed by atoms with E-state index in [1.807, 2.05) is 0 Å². The van der Waals surface area contributed by atoms with Crippen molar-refractivity contribution in [2.75, 3.05) is 24.6 Å². The third-order valence-corrected chi connectivity index (χ3v) is 4.52. The van der Waals surface area contributed by atoms with Gasteiger partial charge in [0.05, 0.1) is 11.5 Å². The summed E-state index contributed by atoms with van der Waals surface area (Å²) >= 11 is 0. The molecule has 96 valence electrons. The Morgan fingerprint density at radius 1 is 1.50 bits per heavy atom. The minimum absolute atomic E-state index is 0.106. The summed E-state index contributed by atoms with van der Waals surface area (Å²) in [6.45, 7) is 0.823. The smallest absolute Gasteiger partial charge is 0.329 e. The molecule has 2 unspecified atom stereocenters. The van der Waals surface area contributed by atoms with Gasteiger partial charge in [0, 0.05) is 19.1 Å². The molecular formula is C8H15F3N2O2S. The van der Waals surface area contributed by atoms with Gasteiger partial charge < -0.3 is 5.73 Å². The van der Waals surface area contributed by atoms with Gasteiger partial charge in [-0.3, -0.25) is 4.90 Å². The number of nitrogens with two attached hydrogens (primary N) is 1. The normalized spacial score (nSPS) is 28.9. The molecule has 1 aliphatic heterocycles. The van der Waals surface area contributed by atoms with Crippen molar-refractivity contribution in [2.45, 2.75) is 25.2 Å². The highest BCUT2D eigenvalue weighted by molar-refractivity contribution is 7.91. The Kier molecular flexibility index (Phi) is 3.86. The predicted octanol–water partition coefficient (Wildman–Crippen LogP) is -0.00510. The summed E-state index contributed by atoms with van der Waals surface area (Å²) in [7, 11) is -3.20. The number of sulfone groups is 1. The maximum Gasteiger partial charge on any atom is 0.405 e. The zero-order chi connectivity index (χ0) is 12.6. The third-order valence-electron chi connectivity index (χ3n) is 2.72. The molecular weight excluding hydrogens is 245 g/mol. The summed E-state index contributed by atoms with van der Waals surface area (Å²) in [5.41, 5.74) is 5.11. The highest BCUT2D eigenvalue weighted by Gasteiger charge is 2.46. The van der Waals surface area contributed by atoms with Crippen LogP contribution >= 0.6 is 0 Å². The highest BCUT2D eigenvalue weighted by Crippen LogP contribution is 2.27. The van der Waals surface area contributed by atoms with Crippen LogP contribution in [0.1, 0.15) is 6.92 Å². The van der Waals surface area contributed by atoms with Gasteiger partial charge in [-0.1, -0.05) is 0 Å². The van der Waals surface area contributed by atoms with Crippen LogP contribution in [0.2, 0.25) is 0 Å². The molecule has 2 N–H and O–H groups in total. The number of rotatable bonds is 2. The lowest BCUT2D eigenvalue weighted by Gasteiger charge is -2.39. The Hall–Kier alpha value is -0.340. The monoisotopic (exact) mass is 260 g/mol. The molecule has 0 aliphatic carbocycles. The second-order valence-electron chi connectivity index (χ2n) is 3.99. The van der Waals surface area contributed by atoms with Crippen LogP contribution < -0.4 is 5.73 Å². The van der Waals surface area contributed by atoms with E-state index >= 15 is 0 Å². The van der Waals surface area contributed by atoms with Crippen LogP contribution in [0.5, 0.6) is 0 Å². The molecule has 0 spiro atoms. The van der Waals surface area contributed by atoms with Crippen molar-refractivity contribution >= 4 is 9.84 Å². The molecule has 16 heavy (non-hydrogen) atoms. The molecule has 0 aromatic rings. The fourth-order valence-electron chi connectivity index (χ4n) is 1.93. The van der Waals surface area contributed by atoms with E-state index in [0.29, 0.717) is 0 Å². The van der Waals surface area contributed by atoms with Crippen LogP contribution in [0.4, 0.5) is 13.2 Å². The quantitative estimate of drug-likeness (QED) is 0.759. The molecule has 8 heteroatoms. The molecule has 0 bridgehead atoms. The maximum absolute atomic E-state index is 12.6. The lowest BCUT2D eigenvalue weighted by molar-refractivity contribution is -0.185. The second-order valence-corrected chi connectivity index (χ2v) is 6.22. The van der Waals surface area contributed by atoms with E-state index in [9.17, 15) is 21.6 Å². The van der Waals surface area contributed by atoms with Crippen molar-refractivity contribution in [3.05, 3.63) is 0 Å². The molecule has 1 fully saturated rings. The molecule has 0 aromatic carbocycles. The van der Waals surface area contributed by atoms with Crippen LogP contribution in [-0.4, -0.2) is 56.2 Å². The van der Waals surface area contributed by atoms with Crippen LogP contribution in [0.25, 0.3) is 0 Å². The number of alkyl halides is 3. The first kappa shape index (κ1) is 13.7. The molecule has 1 saturated heterocycles. The van der Waals surface area contributed by atoms with Gasteiger partial charge >= 0.3 is 6.18 Å². The molecule has 0 radical (unpaired) electrons. The molecule has 4 nitrogen and oxygen atoms in total. The molecule has 0 saturated carbocycles. The van der Waals surface area contributed by atoms with E-state index < -0.39 is 34.6 Å². The van der Waals surface area contributed by atoms with Gasteiger partial charge in [-0.2, -0.15) is 13.2 Å². The first-order chi connectivity index (χ1) is 7.17. The molecule has 1 rings (SSSR count). The molecule has 0 amide bonds. The number of halogens is 3. The standard InChI is InChI=1S/C8H15F3N2O2S/c1-6-5-16(14,15)3-2-13(6)7(4-12)8(9,10)11/h6-7H,2-5,12H2,1H3. The van der Waals surface area contributed by atoms with E-state index in [4.69, 9.17) is 5.73 Å². The topological polar surface area (TPSA) is 63.4 Å². The minimum atomic E-state index is -4.41. The van der Waals surface area contributed by atoms with Crippen molar-refractivity contribution < 1.29 is 21.6 Å². The van der Waals surface area contributed by atoms with Gasteiger partial charge in [0.2, 0.25) is 0 Å². The Bertz CT molecular complexity index is 342. The Morgan fingerprint density at radius 3 is 2.44 bits per heavy atom. The lowest BCUT2D eigenvalue weighted by atomic mass is 10.2. The molecule has 1 heterocycles. The Balaban J connectivity index is 2.82. The van der Waals surface area contributed by atoms with Crippen LogP contribution in [0.3, 0.4) is 0 Å². The SMILES string of the molecule is CC1CS(=O)(=O)CCN1C(CN)C(F)(F)F. The molecule has 2 atom stereocenters. The zero-order valence-corrected chi connectivity index (χ0v) is 9.68. The van der Waals surface area contributed by atoms with E-state index in [1.54, 1.807) is 0 Å². The highest BCUT2D eigenvalue weighted by atomic mass is 32.2. The molecule has 1 aliphatic rings. The maximum atomic E-state index is 12.6. The second kappa shape index (κ2) is 4.50. The number of hydrogen-bond acceptors (Lipinski definition) is 4. The van der Waals surface area contributed by atoms with Crippen molar-refractivity contribution in [3.8, 4) is 0 Å². The summed E-state index contributed by atoms with van der Waals surface area (Å²) < 4.78 is 60.3. The van der Waals surface area contributed by atoms with Gasteiger partial charge in [-0.05, 0) is 6.92 Å². The zero-order valence-electron chi connectivity index (χ0n) is 8.87. The first-order valence-electron chi connectivity index (χ1n) is 4.90. The summed E-state index contributed by atoms with van der Waals surface area (Å²) in [5.74, 6) is -0.469. The fourth-order valence-corrected chi connectivity index (χ4v) is 3.51. The van der Waals surface area contributed by atoms with Gasteiger partial charge in [0.25, 0.3) is 0 Å². The van der Waals surface area contributed by atoms with E-state index in [1.165, 1.54) is 6.92 Å². The predicted molar refractivity (Wildman–Crippen MR) is 53.7 cm³/mol. The van der Waals surface area contributed by atoms with Crippen LogP contribution in [-0.2, 0) is 9.84 Å². The largest absolute Gasteiger partial charge is 0.405 e. The Morgan fingerprint density at radius 2 is 2.06 bits per heavy atom. The van der Waals surface area contributed by atoms with Gasteiger partial charge in [0.15, 0.2) is 9.84 Å². The van der Waals surface area contributed by atoms with E-state index in [-0.39, 0.29) is 18.1 Å². The van der Waals surface area contributed by atoms with Gasteiger partial charge in [-0.25, -0.2) is 8.42 Å². The van der Waals surface area contributed by atoms with Crippen molar-refractivity contribution in [2.24, 2.45) is 5.73 Å². The van der Waals surface area contributed by atoms with E-state index in [0.717, 1.165) is 4.90 Å². The first-order valence-corrected chi connectivity index (χ1v) is 6.72. The van der Waals surface area contributed by atoms with Crippen molar-refractivity contribution in [1.82, 2.24) is 4.90 Å². The average Bonchev–Trinajstić information content (AvgIpc) is 2.06. The fraction of sp³-hybridized carbons (Fsp3) is 1.00. The van der Waals surface area contributed by atoms with Crippen LogP contribution in [0, 0.1) is 0 Å². The van der Waals surface area contributed by atoms with E-state index in [2.05, 4.69) is 0 Å². The lowest BCUT2D eigenvalue weighted by Crippen LogP contribution is -2.58. The summed E-state index contributed by atoms with van der Waals surface area (Å²) in [4.78, 5) is 1.13. The third kappa shape index (κ3) is 3.08. The minimum Gasteiger partial charge on any atom is -0.329 e. The summed E-state index contributed by atoms with van der Waals surface area (Å²) in [5, 5.41) is 0. The van der Waals surface area contributed by atoms with Gasteiger partial charge in [-0.15, -0.1) is 0 Å². The molecule has 0 aromatic heterocycles. The van der Waals surface area contributed by atoms with Crippen molar-refractivity contribution in [3.63, 3.8) is 0 Å². The summed E-state index contributed by atoms with van der Waals surface area (Å²) in [6, 6.07) is -2.40. The number of hydrogen-bond donors (Lipinski definition) is 1. The number of nitrogens with zero attached hydrogens (tertiary/aromatic N) is 1. The van der Waals surface area contributed by atoms with Gasteiger partial charge in [0.1, 0.15) is 6.04 Å². The van der Waals surface area contributed by atoms with Crippen LogP contribution in [0.15, 0.2) is 0 Å².